The molecule has 2 aromatic carbocycles. The maximum absolute atomic E-state index is 13.0. The van der Waals surface area contributed by atoms with Crippen molar-refractivity contribution in [1.82, 2.24) is 0 Å². The van der Waals surface area contributed by atoms with Crippen molar-refractivity contribution in [2.24, 2.45) is 0 Å². The Bertz CT molecular complexity index is 995. The zero-order chi connectivity index (χ0) is 21.7. The van der Waals surface area contributed by atoms with Gasteiger partial charge < -0.3 is 14.2 Å². The van der Waals surface area contributed by atoms with Gasteiger partial charge in [-0.25, -0.2) is 0 Å². The third-order valence-corrected chi connectivity index (χ3v) is 4.95. The quantitative estimate of drug-likeness (QED) is 0.385. The van der Waals surface area contributed by atoms with Crippen LogP contribution >= 0.6 is 0 Å². The number of carbonyl (C=O) groups excluding carboxylic acids is 1. The van der Waals surface area contributed by atoms with E-state index >= 15 is 0 Å². The highest BCUT2D eigenvalue weighted by atomic mass is 16.6. The fourth-order valence-electron chi connectivity index (χ4n) is 3.46. The SMILES string of the molecule is COc1cc(/C=C2\CCC/C(=C/c3ccc([N+](=O)[O-])cc3)C2=O)cc(OC)c1OC. The number of rotatable bonds is 6. The van der Waals surface area contributed by atoms with Gasteiger partial charge in [-0.05, 0) is 66.8 Å². The molecule has 3 rings (SSSR count). The number of nitrogens with zero attached hydrogens (tertiary/aromatic N) is 1. The molecule has 0 unspecified atom stereocenters. The van der Waals surface area contributed by atoms with E-state index in [1.54, 1.807) is 51.7 Å². The molecule has 0 amide bonds. The molecule has 0 aliphatic heterocycles. The van der Waals surface area contributed by atoms with Gasteiger partial charge in [-0.15, -0.1) is 0 Å². The first kappa shape index (κ1) is 21.1. The Morgan fingerprint density at radius 3 is 1.87 bits per heavy atom. The Labute approximate surface area is 174 Å². The average Bonchev–Trinajstić information content (AvgIpc) is 2.76. The van der Waals surface area contributed by atoms with E-state index < -0.39 is 4.92 Å². The predicted molar refractivity (Wildman–Crippen MR) is 114 cm³/mol. The van der Waals surface area contributed by atoms with Crippen molar-refractivity contribution < 1.29 is 23.9 Å². The fourth-order valence-corrected chi connectivity index (χ4v) is 3.46. The molecular weight excluding hydrogens is 386 g/mol. The van der Waals surface area contributed by atoms with Crippen LogP contribution in [-0.4, -0.2) is 32.0 Å². The molecule has 0 saturated heterocycles. The molecule has 0 radical (unpaired) electrons. The van der Waals surface area contributed by atoms with Crippen molar-refractivity contribution in [1.29, 1.82) is 0 Å². The lowest BCUT2D eigenvalue weighted by Crippen LogP contribution is -2.12. The van der Waals surface area contributed by atoms with Crippen LogP contribution in [-0.2, 0) is 4.79 Å². The van der Waals surface area contributed by atoms with E-state index in [0.717, 1.165) is 17.5 Å². The highest BCUT2D eigenvalue weighted by molar-refractivity contribution is 6.14. The second kappa shape index (κ2) is 9.26. The van der Waals surface area contributed by atoms with E-state index in [1.807, 2.05) is 6.08 Å². The number of hydrogen-bond acceptors (Lipinski definition) is 6. The molecule has 1 saturated carbocycles. The van der Waals surface area contributed by atoms with Gasteiger partial charge in [0, 0.05) is 23.3 Å². The number of non-ortho nitro benzene ring substituents is 1. The summed E-state index contributed by atoms with van der Waals surface area (Å²) in [5, 5.41) is 10.8. The number of Topliss-reactive ketones (excluding diaryl/α,β-unsaturated/α-hetero) is 1. The molecule has 0 spiro atoms. The van der Waals surface area contributed by atoms with Gasteiger partial charge in [0.05, 0.1) is 26.3 Å². The van der Waals surface area contributed by atoms with E-state index in [9.17, 15) is 14.9 Å². The fraction of sp³-hybridized carbons (Fsp3) is 0.261. The Hall–Kier alpha value is -3.61. The second-order valence-electron chi connectivity index (χ2n) is 6.83. The molecule has 30 heavy (non-hydrogen) atoms. The number of methoxy groups -OCH3 is 3. The highest BCUT2D eigenvalue weighted by Crippen LogP contribution is 2.39. The minimum absolute atomic E-state index is 0.0200. The van der Waals surface area contributed by atoms with Gasteiger partial charge in [0.25, 0.3) is 5.69 Å². The molecule has 0 aromatic heterocycles. The predicted octanol–water partition coefficient (Wildman–Crippen LogP) is 4.84. The van der Waals surface area contributed by atoms with Crippen LogP contribution in [0.3, 0.4) is 0 Å². The molecule has 1 aliphatic rings. The smallest absolute Gasteiger partial charge is 0.269 e. The number of ketones is 1. The summed E-state index contributed by atoms with van der Waals surface area (Å²) in [4.78, 5) is 23.4. The summed E-state index contributed by atoms with van der Waals surface area (Å²) in [5.74, 6) is 1.52. The zero-order valence-electron chi connectivity index (χ0n) is 17.1. The monoisotopic (exact) mass is 409 g/mol. The molecule has 0 heterocycles. The van der Waals surface area contributed by atoms with E-state index in [2.05, 4.69) is 0 Å². The van der Waals surface area contributed by atoms with Crippen molar-refractivity contribution in [3.8, 4) is 17.2 Å². The maximum atomic E-state index is 13.0. The Morgan fingerprint density at radius 2 is 1.40 bits per heavy atom. The molecule has 156 valence electrons. The Kier molecular flexibility index (Phi) is 6.51. The molecule has 0 bridgehead atoms. The normalized spacial score (nSPS) is 16.6. The highest BCUT2D eigenvalue weighted by Gasteiger charge is 2.21. The molecule has 2 aromatic rings. The van der Waals surface area contributed by atoms with Gasteiger partial charge in [-0.2, -0.15) is 0 Å². The largest absolute Gasteiger partial charge is 0.493 e. The van der Waals surface area contributed by atoms with Gasteiger partial charge in [-0.3, -0.25) is 14.9 Å². The first-order chi connectivity index (χ1) is 14.5. The summed E-state index contributed by atoms with van der Waals surface area (Å²) >= 11 is 0. The van der Waals surface area contributed by atoms with E-state index in [-0.39, 0.29) is 11.5 Å². The lowest BCUT2D eigenvalue weighted by molar-refractivity contribution is -0.384. The number of hydrogen-bond donors (Lipinski definition) is 0. The summed E-state index contributed by atoms with van der Waals surface area (Å²) in [6, 6.07) is 9.77. The van der Waals surface area contributed by atoms with Crippen LogP contribution in [0.5, 0.6) is 17.2 Å². The molecule has 0 N–H and O–H groups in total. The van der Waals surface area contributed by atoms with Crippen LogP contribution in [0.4, 0.5) is 5.69 Å². The standard InChI is InChI=1S/C23H23NO6/c1-28-20-13-16(14-21(29-2)23(20)30-3)12-18-6-4-5-17(22(18)25)11-15-7-9-19(10-8-15)24(26)27/h7-14H,4-6H2,1-3H3/b17-11-,18-12+. The topological polar surface area (TPSA) is 87.9 Å². The molecule has 0 atom stereocenters. The van der Waals surface area contributed by atoms with Crippen molar-refractivity contribution in [2.45, 2.75) is 19.3 Å². The maximum Gasteiger partial charge on any atom is 0.269 e. The van der Waals surface area contributed by atoms with Gasteiger partial charge in [-0.1, -0.05) is 0 Å². The zero-order valence-corrected chi connectivity index (χ0v) is 17.1. The number of allylic oxidation sites excluding steroid dienone is 2. The molecule has 1 aliphatic carbocycles. The first-order valence-corrected chi connectivity index (χ1v) is 9.47. The summed E-state index contributed by atoms with van der Waals surface area (Å²) in [7, 11) is 4.63. The van der Waals surface area contributed by atoms with Gasteiger partial charge >= 0.3 is 0 Å². The molecule has 7 nitrogen and oxygen atoms in total. The van der Waals surface area contributed by atoms with Gasteiger partial charge in [0.15, 0.2) is 17.3 Å². The van der Waals surface area contributed by atoms with E-state index in [4.69, 9.17) is 14.2 Å². The van der Waals surface area contributed by atoms with Crippen LogP contribution in [0.2, 0.25) is 0 Å². The number of carbonyl (C=O) groups is 1. The first-order valence-electron chi connectivity index (χ1n) is 9.47. The van der Waals surface area contributed by atoms with Crippen LogP contribution in [0.1, 0.15) is 30.4 Å². The number of ether oxygens (including phenoxy) is 3. The Morgan fingerprint density at radius 1 is 0.867 bits per heavy atom. The Balaban J connectivity index is 1.91. The van der Waals surface area contributed by atoms with Crippen LogP contribution in [0.15, 0.2) is 47.5 Å². The van der Waals surface area contributed by atoms with Gasteiger partial charge in [0.1, 0.15) is 0 Å². The lowest BCUT2D eigenvalue weighted by atomic mass is 9.87. The van der Waals surface area contributed by atoms with Crippen molar-refractivity contribution >= 4 is 23.6 Å². The van der Waals surface area contributed by atoms with Crippen LogP contribution in [0, 0.1) is 10.1 Å². The van der Waals surface area contributed by atoms with E-state index in [1.165, 1.54) is 12.1 Å². The summed E-state index contributed by atoms with van der Waals surface area (Å²) < 4.78 is 16.1. The van der Waals surface area contributed by atoms with Gasteiger partial charge in [0.2, 0.25) is 5.75 Å². The third kappa shape index (κ3) is 4.51. The summed E-state index contributed by atoms with van der Waals surface area (Å²) in [6.07, 6.45) is 5.83. The number of benzene rings is 2. The minimum Gasteiger partial charge on any atom is -0.493 e. The van der Waals surface area contributed by atoms with Crippen LogP contribution in [0.25, 0.3) is 12.2 Å². The summed E-state index contributed by atoms with van der Waals surface area (Å²) in [5.41, 5.74) is 2.95. The summed E-state index contributed by atoms with van der Waals surface area (Å²) in [6.45, 7) is 0. The third-order valence-electron chi connectivity index (χ3n) is 4.95. The molecule has 1 fully saturated rings. The number of nitro benzene ring substituents is 1. The molecular formula is C23H23NO6. The van der Waals surface area contributed by atoms with Crippen molar-refractivity contribution in [3.05, 3.63) is 68.8 Å². The van der Waals surface area contributed by atoms with E-state index in [0.29, 0.717) is 41.2 Å². The lowest BCUT2D eigenvalue weighted by Gasteiger charge is -2.17. The molecule has 7 heteroatoms. The minimum atomic E-state index is -0.444. The average molecular weight is 409 g/mol. The number of nitro groups is 1. The van der Waals surface area contributed by atoms with Crippen molar-refractivity contribution in [2.75, 3.05) is 21.3 Å². The second-order valence-corrected chi connectivity index (χ2v) is 6.83. The van der Waals surface area contributed by atoms with Crippen LogP contribution < -0.4 is 14.2 Å². The van der Waals surface area contributed by atoms with Crippen molar-refractivity contribution in [3.63, 3.8) is 0 Å².